The van der Waals surface area contributed by atoms with Crippen LogP contribution < -0.4 is 0 Å². The van der Waals surface area contributed by atoms with Gasteiger partial charge in [0.1, 0.15) is 5.60 Å². The second-order valence-electron chi connectivity index (χ2n) is 8.34. The number of aryl methyl sites for hydroxylation is 1. The maximum Gasteiger partial charge on any atom is 0.410 e. The molecule has 0 aromatic heterocycles. The molecule has 4 nitrogen and oxygen atoms in total. The molecule has 1 aromatic rings. The third kappa shape index (κ3) is 3.44. The summed E-state index contributed by atoms with van der Waals surface area (Å²) in [5.41, 5.74) is 1.98. The van der Waals surface area contributed by atoms with Gasteiger partial charge in [-0.15, -0.1) is 0 Å². The van der Waals surface area contributed by atoms with Gasteiger partial charge >= 0.3 is 6.09 Å². The lowest BCUT2D eigenvalue weighted by atomic mass is 9.68. The van der Waals surface area contributed by atoms with Gasteiger partial charge < -0.3 is 14.7 Å². The average Bonchev–Trinajstić information content (AvgIpc) is 2.91. The fourth-order valence-corrected chi connectivity index (χ4v) is 4.33. The fourth-order valence-electron chi connectivity index (χ4n) is 4.33. The number of nitrogens with zero attached hydrogens (tertiary/aromatic N) is 1. The summed E-state index contributed by atoms with van der Waals surface area (Å²) in [5.74, 6) is 0.866. The van der Waals surface area contributed by atoms with E-state index in [9.17, 15) is 9.90 Å². The number of rotatable bonds is 1. The first-order valence-electron chi connectivity index (χ1n) is 8.98. The molecule has 1 aromatic carbocycles. The Bertz CT molecular complexity index is 607. The number of hydrogen-bond acceptors (Lipinski definition) is 3. The fraction of sp³-hybridized carbons (Fsp3) is 0.650. The molecule has 2 fully saturated rings. The number of aliphatic hydroxyl groups is 1. The van der Waals surface area contributed by atoms with Gasteiger partial charge in [-0.25, -0.2) is 4.79 Å². The lowest BCUT2D eigenvalue weighted by Gasteiger charge is -2.37. The zero-order valence-corrected chi connectivity index (χ0v) is 15.2. The van der Waals surface area contributed by atoms with Crippen molar-refractivity contribution in [2.45, 2.75) is 58.2 Å². The molecule has 3 rings (SSSR count). The lowest BCUT2D eigenvalue weighted by molar-refractivity contribution is 0.0278. The number of likely N-dealkylation sites (tertiary alicyclic amines) is 1. The van der Waals surface area contributed by atoms with E-state index in [0.717, 1.165) is 19.4 Å². The highest BCUT2D eigenvalue weighted by Gasteiger charge is 2.46. The minimum absolute atomic E-state index is 0.109. The second kappa shape index (κ2) is 6.40. The molecule has 2 aliphatic rings. The van der Waals surface area contributed by atoms with Crippen LogP contribution in [0.15, 0.2) is 24.3 Å². The van der Waals surface area contributed by atoms with Crippen molar-refractivity contribution in [3.63, 3.8) is 0 Å². The molecule has 4 atom stereocenters. The molecular formula is C20H29NO3. The normalized spacial score (nSPS) is 30.1. The van der Waals surface area contributed by atoms with E-state index in [2.05, 4.69) is 19.1 Å². The molecule has 1 amide bonds. The molecule has 1 saturated heterocycles. The average molecular weight is 331 g/mol. The molecule has 4 heteroatoms. The Kier molecular flexibility index (Phi) is 4.60. The van der Waals surface area contributed by atoms with E-state index in [0.29, 0.717) is 18.4 Å². The number of carbonyl (C=O) groups is 1. The topological polar surface area (TPSA) is 49.8 Å². The summed E-state index contributed by atoms with van der Waals surface area (Å²) in [6, 6.07) is 8.31. The minimum Gasteiger partial charge on any atom is -0.444 e. The molecule has 1 aliphatic heterocycles. The second-order valence-corrected chi connectivity index (χ2v) is 8.34. The van der Waals surface area contributed by atoms with Crippen LogP contribution in [0.3, 0.4) is 0 Å². The van der Waals surface area contributed by atoms with E-state index in [4.69, 9.17) is 4.74 Å². The van der Waals surface area contributed by atoms with Crippen molar-refractivity contribution in [1.29, 1.82) is 0 Å². The van der Waals surface area contributed by atoms with Gasteiger partial charge in [-0.05, 0) is 63.5 Å². The van der Waals surface area contributed by atoms with Crippen molar-refractivity contribution in [3.05, 3.63) is 35.4 Å². The number of aliphatic hydroxyl groups excluding tert-OH is 1. The standard InChI is InChI=1S/C20H29NO3/c1-13-7-5-6-8-15(13)18-16-12-21(19(23)24-20(2,3)4)11-14(16)9-10-17(18)22/h5-8,14,16-18,22H,9-12H2,1-4H3/t14-,16?,17+,18+/m1/s1. The molecule has 24 heavy (non-hydrogen) atoms. The van der Waals surface area contributed by atoms with Crippen molar-refractivity contribution >= 4 is 6.09 Å². The van der Waals surface area contributed by atoms with Crippen molar-refractivity contribution in [2.24, 2.45) is 11.8 Å². The van der Waals surface area contributed by atoms with Gasteiger partial charge in [-0.2, -0.15) is 0 Å². The summed E-state index contributed by atoms with van der Waals surface area (Å²) in [6.45, 7) is 9.21. The highest BCUT2D eigenvalue weighted by Crippen LogP contribution is 2.46. The molecule has 1 heterocycles. The highest BCUT2D eigenvalue weighted by molar-refractivity contribution is 5.68. The number of hydrogen-bond donors (Lipinski definition) is 1. The van der Waals surface area contributed by atoms with E-state index in [1.165, 1.54) is 11.1 Å². The van der Waals surface area contributed by atoms with Gasteiger partial charge in [-0.3, -0.25) is 0 Å². The first-order valence-corrected chi connectivity index (χ1v) is 8.98. The largest absolute Gasteiger partial charge is 0.444 e. The third-order valence-corrected chi connectivity index (χ3v) is 5.40. The van der Waals surface area contributed by atoms with E-state index in [1.54, 1.807) is 0 Å². The maximum absolute atomic E-state index is 12.4. The summed E-state index contributed by atoms with van der Waals surface area (Å²) in [5, 5.41) is 10.7. The Morgan fingerprint density at radius 2 is 1.92 bits per heavy atom. The minimum atomic E-state index is -0.472. The van der Waals surface area contributed by atoms with Crippen LogP contribution in [0.5, 0.6) is 0 Å². The summed E-state index contributed by atoms with van der Waals surface area (Å²) in [6.07, 6.45) is 1.23. The van der Waals surface area contributed by atoms with E-state index < -0.39 is 5.60 Å². The van der Waals surface area contributed by atoms with Crippen molar-refractivity contribution in [1.82, 2.24) is 4.90 Å². The molecule has 1 aliphatic carbocycles. The predicted octanol–water partition coefficient (Wildman–Crippen LogP) is 3.72. The Morgan fingerprint density at radius 3 is 2.58 bits per heavy atom. The van der Waals surface area contributed by atoms with Crippen molar-refractivity contribution in [2.75, 3.05) is 13.1 Å². The molecule has 1 unspecified atom stereocenters. The summed E-state index contributed by atoms with van der Waals surface area (Å²) >= 11 is 0. The summed E-state index contributed by atoms with van der Waals surface area (Å²) in [7, 11) is 0. The quantitative estimate of drug-likeness (QED) is 0.853. The van der Waals surface area contributed by atoms with Gasteiger partial charge in [0.05, 0.1) is 6.10 Å². The molecule has 0 radical (unpaired) electrons. The highest BCUT2D eigenvalue weighted by atomic mass is 16.6. The van der Waals surface area contributed by atoms with E-state index >= 15 is 0 Å². The van der Waals surface area contributed by atoms with Gasteiger partial charge in [0.15, 0.2) is 0 Å². The Morgan fingerprint density at radius 1 is 1.21 bits per heavy atom. The number of benzene rings is 1. The smallest absolute Gasteiger partial charge is 0.410 e. The number of carbonyl (C=O) groups excluding carboxylic acids is 1. The van der Waals surface area contributed by atoms with E-state index in [1.807, 2.05) is 37.8 Å². The molecule has 132 valence electrons. The van der Waals surface area contributed by atoms with Gasteiger partial charge in [0.25, 0.3) is 0 Å². The molecule has 1 saturated carbocycles. The molecular weight excluding hydrogens is 302 g/mol. The van der Waals surface area contributed by atoms with Gasteiger partial charge in [0.2, 0.25) is 0 Å². The van der Waals surface area contributed by atoms with Crippen LogP contribution >= 0.6 is 0 Å². The van der Waals surface area contributed by atoms with Crippen molar-refractivity contribution < 1.29 is 14.6 Å². The van der Waals surface area contributed by atoms with Gasteiger partial charge in [0, 0.05) is 19.0 Å². The molecule has 0 spiro atoms. The maximum atomic E-state index is 12.4. The first kappa shape index (κ1) is 17.3. The van der Waals surface area contributed by atoms with Crippen LogP contribution in [0.2, 0.25) is 0 Å². The van der Waals surface area contributed by atoms with Crippen LogP contribution in [0.4, 0.5) is 4.79 Å². The third-order valence-electron chi connectivity index (χ3n) is 5.40. The van der Waals surface area contributed by atoms with Crippen LogP contribution in [-0.2, 0) is 4.74 Å². The number of ether oxygens (including phenoxy) is 1. The predicted molar refractivity (Wildman–Crippen MR) is 93.9 cm³/mol. The Hall–Kier alpha value is -1.55. The Labute approximate surface area is 144 Å². The monoisotopic (exact) mass is 331 g/mol. The molecule has 0 bridgehead atoms. The lowest BCUT2D eigenvalue weighted by Crippen LogP contribution is -2.37. The van der Waals surface area contributed by atoms with Crippen LogP contribution in [0.25, 0.3) is 0 Å². The van der Waals surface area contributed by atoms with Crippen LogP contribution in [-0.4, -0.2) is 40.9 Å². The van der Waals surface area contributed by atoms with Crippen LogP contribution in [0.1, 0.15) is 50.7 Å². The number of fused-ring (bicyclic) bond motifs is 1. The van der Waals surface area contributed by atoms with Crippen LogP contribution in [0, 0.1) is 18.8 Å². The van der Waals surface area contributed by atoms with E-state index in [-0.39, 0.29) is 18.1 Å². The van der Waals surface area contributed by atoms with Gasteiger partial charge in [-0.1, -0.05) is 24.3 Å². The summed E-state index contributed by atoms with van der Waals surface area (Å²) in [4.78, 5) is 14.3. The first-order chi connectivity index (χ1) is 11.3. The number of amides is 1. The Balaban J connectivity index is 1.81. The van der Waals surface area contributed by atoms with Crippen molar-refractivity contribution in [3.8, 4) is 0 Å². The zero-order valence-electron chi connectivity index (χ0n) is 15.2. The summed E-state index contributed by atoms with van der Waals surface area (Å²) < 4.78 is 5.54. The zero-order chi connectivity index (χ0) is 17.5. The SMILES string of the molecule is Cc1ccccc1[C@H]1C2CN(C(=O)OC(C)(C)C)C[C@H]2CC[C@@H]1O. The molecule has 1 N–H and O–H groups in total.